The van der Waals surface area contributed by atoms with Crippen molar-refractivity contribution >= 4 is 51.3 Å². The maximum atomic E-state index is 12.1. The van der Waals surface area contributed by atoms with Gasteiger partial charge < -0.3 is 15.4 Å². The van der Waals surface area contributed by atoms with E-state index in [0.29, 0.717) is 25.6 Å². The summed E-state index contributed by atoms with van der Waals surface area (Å²) in [5.74, 6) is 0.582. The summed E-state index contributed by atoms with van der Waals surface area (Å²) < 4.78 is 32.4. The summed E-state index contributed by atoms with van der Waals surface area (Å²) in [5.41, 5.74) is 0. The number of hydrogen-bond donors (Lipinski definition) is 3. The van der Waals surface area contributed by atoms with E-state index in [1.807, 2.05) is 20.0 Å². The lowest BCUT2D eigenvalue weighted by Gasteiger charge is -2.22. The summed E-state index contributed by atoms with van der Waals surface area (Å²) in [7, 11) is -3.35. The normalized spacial score (nSPS) is 17.8. The average molecular weight is 546 g/mol. The van der Waals surface area contributed by atoms with Gasteiger partial charge in [0.2, 0.25) is 10.0 Å². The van der Waals surface area contributed by atoms with Crippen molar-refractivity contribution in [1.82, 2.24) is 20.3 Å². The van der Waals surface area contributed by atoms with Crippen LogP contribution in [0.5, 0.6) is 0 Å². The van der Waals surface area contributed by atoms with Crippen molar-refractivity contribution in [1.29, 1.82) is 0 Å². The Hall–Kier alpha value is -0.500. The minimum absolute atomic E-state index is 0. The number of ether oxygens (including phenoxy) is 1. The van der Waals surface area contributed by atoms with Crippen molar-refractivity contribution in [2.45, 2.75) is 45.6 Å². The van der Waals surface area contributed by atoms with Crippen molar-refractivity contribution < 1.29 is 13.2 Å². The maximum Gasteiger partial charge on any atom is 0.213 e. The van der Waals surface area contributed by atoms with E-state index in [1.165, 1.54) is 4.88 Å². The molecule has 1 aliphatic rings. The van der Waals surface area contributed by atoms with Gasteiger partial charge in [0.15, 0.2) is 5.96 Å². The first-order chi connectivity index (χ1) is 13.0. The minimum Gasteiger partial charge on any atom is -0.377 e. The standard InChI is InChI=1S/C17H31N5O3S2.HI/c1-3-18-17(19-8-7-16-21-12-14(2)26-16)20-9-11-27(23,24)22-13-15-6-4-5-10-25-15;/h12,15,22H,3-11,13H2,1-2H3,(H2,18,19,20);1H. The summed E-state index contributed by atoms with van der Waals surface area (Å²) in [6, 6.07) is 0. The van der Waals surface area contributed by atoms with E-state index >= 15 is 0 Å². The van der Waals surface area contributed by atoms with Gasteiger partial charge in [-0.2, -0.15) is 0 Å². The lowest BCUT2D eigenvalue weighted by atomic mass is 10.1. The predicted molar refractivity (Wildman–Crippen MR) is 125 cm³/mol. The third-order valence-corrected chi connectivity index (χ3v) is 6.38. The number of aliphatic imine (C=N–C) groups is 1. The van der Waals surface area contributed by atoms with Gasteiger partial charge in [-0.3, -0.25) is 4.99 Å². The zero-order valence-corrected chi connectivity index (χ0v) is 20.5. The Morgan fingerprint density at radius 3 is 2.86 bits per heavy atom. The molecule has 1 unspecified atom stereocenters. The van der Waals surface area contributed by atoms with Crippen molar-refractivity contribution in [3.05, 3.63) is 16.1 Å². The van der Waals surface area contributed by atoms with E-state index in [4.69, 9.17) is 4.74 Å². The molecule has 0 spiro atoms. The van der Waals surface area contributed by atoms with Crippen LogP contribution in [0.3, 0.4) is 0 Å². The zero-order chi connectivity index (χ0) is 19.5. The summed E-state index contributed by atoms with van der Waals surface area (Å²) in [4.78, 5) is 9.89. The van der Waals surface area contributed by atoms with Crippen LogP contribution >= 0.6 is 35.3 Å². The van der Waals surface area contributed by atoms with E-state index in [9.17, 15) is 8.42 Å². The largest absolute Gasteiger partial charge is 0.377 e. The van der Waals surface area contributed by atoms with Gasteiger partial charge in [-0.15, -0.1) is 35.3 Å². The van der Waals surface area contributed by atoms with Gasteiger partial charge in [0, 0.05) is 43.7 Å². The second-order valence-electron chi connectivity index (χ2n) is 6.46. The van der Waals surface area contributed by atoms with Crippen molar-refractivity contribution in [2.75, 3.05) is 38.5 Å². The van der Waals surface area contributed by atoms with E-state index in [1.54, 1.807) is 11.3 Å². The highest BCUT2D eigenvalue weighted by Gasteiger charge is 2.17. The molecule has 3 N–H and O–H groups in total. The smallest absolute Gasteiger partial charge is 0.213 e. The number of aryl methyl sites for hydroxylation is 1. The molecule has 2 heterocycles. The minimum atomic E-state index is -3.35. The van der Waals surface area contributed by atoms with Crippen LogP contribution in [-0.4, -0.2) is 64.0 Å². The molecule has 0 bridgehead atoms. The fourth-order valence-corrected chi connectivity index (χ4v) is 4.39. The Morgan fingerprint density at radius 1 is 1.39 bits per heavy atom. The number of aromatic nitrogens is 1. The molecule has 1 atom stereocenters. The highest BCUT2D eigenvalue weighted by Crippen LogP contribution is 2.12. The molecular formula is C17H32IN5O3S2. The van der Waals surface area contributed by atoms with Crippen molar-refractivity contribution in [3.63, 3.8) is 0 Å². The first-order valence-corrected chi connectivity index (χ1v) is 12.0. The average Bonchev–Trinajstić information content (AvgIpc) is 3.06. The molecular weight excluding hydrogens is 513 g/mol. The maximum absolute atomic E-state index is 12.1. The lowest BCUT2D eigenvalue weighted by molar-refractivity contribution is 0.0200. The molecule has 11 heteroatoms. The molecule has 162 valence electrons. The van der Waals surface area contributed by atoms with Crippen LogP contribution in [0, 0.1) is 6.92 Å². The number of hydrogen-bond acceptors (Lipinski definition) is 6. The Morgan fingerprint density at radius 2 is 2.21 bits per heavy atom. The molecule has 1 aromatic rings. The van der Waals surface area contributed by atoms with Crippen LogP contribution in [0.1, 0.15) is 36.1 Å². The molecule has 1 fully saturated rings. The Balaban J connectivity index is 0.00000392. The molecule has 8 nitrogen and oxygen atoms in total. The molecule has 0 amide bonds. The fraction of sp³-hybridized carbons (Fsp3) is 0.765. The molecule has 0 aliphatic carbocycles. The Bertz CT molecular complexity index is 691. The van der Waals surface area contributed by atoms with E-state index in [0.717, 1.165) is 37.3 Å². The molecule has 28 heavy (non-hydrogen) atoms. The number of rotatable bonds is 10. The number of halogens is 1. The third kappa shape index (κ3) is 10.3. The highest BCUT2D eigenvalue weighted by atomic mass is 127. The molecule has 0 radical (unpaired) electrons. The van der Waals surface area contributed by atoms with Gasteiger partial charge in [0.1, 0.15) is 0 Å². The summed E-state index contributed by atoms with van der Waals surface area (Å²) in [5, 5.41) is 7.43. The van der Waals surface area contributed by atoms with E-state index in [-0.39, 0.29) is 42.4 Å². The van der Waals surface area contributed by atoms with Crippen LogP contribution in [0.15, 0.2) is 11.2 Å². The van der Waals surface area contributed by atoms with Gasteiger partial charge in [0.25, 0.3) is 0 Å². The lowest BCUT2D eigenvalue weighted by Crippen LogP contribution is -2.39. The third-order valence-electron chi connectivity index (χ3n) is 4.08. The number of thiazole rings is 1. The van der Waals surface area contributed by atoms with Gasteiger partial charge in [0.05, 0.1) is 23.4 Å². The van der Waals surface area contributed by atoms with Crippen LogP contribution in [0.4, 0.5) is 0 Å². The molecule has 0 aromatic carbocycles. The number of nitrogens with one attached hydrogen (secondary N) is 3. The topological polar surface area (TPSA) is 105 Å². The fourth-order valence-electron chi connectivity index (χ4n) is 2.68. The van der Waals surface area contributed by atoms with Gasteiger partial charge in [-0.25, -0.2) is 18.1 Å². The van der Waals surface area contributed by atoms with E-state index < -0.39 is 10.0 Å². The molecule has 0 saturated carbocycles. The molecule has 2 rings (SSSR count). The van der Waals surface area contributed by atoms with Crippen LogP contribution in [0.25, 0.3) is 0 Å². The van der Waals surface area contributed by atoms with E-state index in [2.05, 4.69) is 25.3 Å². The van der Waals surface area contributed by atoms with Gasteiger partial charge >= 0.3 is 0 Å². The molecule has 1 saturated heterocycles. The van der Waals surface area contributed by atoms with Crippen LogP contribution in [0.2, 0.25) is 0 Å². The second kappa shape index (κ2) is 13.7. The predicted octanol–water partition coefficient (Wildman–Crippen LogP) is 1.66. The first-order valence-electron chi connectivity index (χ1n) is 9.51. The summed E-state index contributed by atoms with van der Waals surface area (Å²) >= 11 is 1.68. The van der Waals surface area contributed by atoms with Crippen molar-refractivity contribution in [2.24, 2.45) is 4.99 Å². The van der Waals surface area contributed by atoms with Gasteiger partial charge in [-0.05, 0) is 33.1 Å². The second-order valence-corrected chi connectivity index (χ2v) is 9.70. The Labute approximate surface area is 189 Å². The summed E-state index contributed by atoms with van der Waals surface area (Å²) in [6.45, 7) is 6.69. The van der Waals surface area contributed by atoms with Crippen molar-refractivity contribution in [3.8, 4) is 0 Å². The first kappa shape index (κ1) is 25.5. The molecule has 1 aliphatic heterocycles. The zero-order valence-electron chi connectivity index (χ0n) is 16.6. The number of guanidine groups is 1. The number of nitrogens with zero attached hydrogens (tertiary/aromatic N) is 2. The van der Waals surface area contributed by atoms with Gasteiger partial charge in [-0.1, -0.05) is 0 Å². The monoisotopic (exact) mass is 545 g/mol. The Kier molecular flexibility index (Phi) is 12.5. The SMILES string of the molecule is CCNC(=NCCS(=O)(=O)NCC1CCCCO1)NCCc1ncc(C)s1.I. The summed E-state index contributed by atoms with van der Waals surface area (Å²) in [6.07, 6.45) is 5.73. The van der Waals surface area contributed by atoms with Crippen LogP contribution in [-0.2, 0) is 21.2 Å². The quantitative estimate of drug-likeness (QED) is 0.235. The molecule has 1 aromatic heterocycles. The highest BCUT2D eigenvalue weighted by molar-refractivity contribution is 14.0. The van der Waals surface area contributed by atoms with Crippen LogP contribution < -0.4 is 15.4 Å². The number of sulfonamides is 1.